The van der Waals surface area contributed by atoms with Gasteiger partial charge in [-0.15, -0.1) is 11.8 Å². The molecule has 2 N–H and O–H groups in total. The lowest BCUT2D eigenvalue weighted by atomic mass is 10.2. The average molecular weight is 543 g/mol. The predicted octanol–water partition coefficient (Wildman–Crippen LogP) is 7.34. The van der Waals surface area contributed by atoms with Crippen molar-refractivity contribution in [3.63, 3.8) is 0 Å². The predicted molar refractivity (Wildman–Crippen MR) is 144 cm³/mol. The van der Waals surface area contributed by atoms with E-state index in [0.717, 1.165) is 16.2 Å². The summed E-state index contributed by atoms with van der Waals surface area (Å²) in [4.78, 5) is 13.8. The van der Waals surface area contributed by atoms with Crippen LogP contribution >= 0.6 is 35.0 Å². The largest absolute Gasteiger partial charge is 0.322 e. The molecular weight excluding hydrogens is 523 g/mol. The van der Waals surface area contributed by atoms with Crippen molar-refractivity contribution < 1.29 is 13.2 Å². The lowest BCUT2D eigenvalue weighted by molar-refractivity contribution is 0.102. The molecule has 5 nitrogen and oxygen atoms in total. The van der Waals surface area contributed by atoms with Crippen LogP contribution in [0.2, 0.25) is 10.0 Å². The van der Waals surface area contributed by atoms with Crippen LogP contribution in [0.25, 0.3) is 0 Å². The summed E-state index contributed by atoms with van der Waals surface area (Å²) >= 11 is 13.5. The van der Waals surface area contributed by atoms with Crippen molar-refractivity contribution in [1.29, 1.82) is 0 Å². The van der Waals surface area contributed by atoms with Gasteiger partial charge in [0, 0.05) is 26.4 Å². The zero-order chi connectivity index (χ0) is 24.8. The number of benzene rings is 4. The lowest BCUT2D eigenvalue weighted by Crippen LogP contribution is -2.14. The highest BCUT2D eigenvalue weighted by Crippen LogP contribution is 2.28. The second-order valence-corrected chi connectivity index (χ2v) is 11.1. The van der Waals surface area contributed by atoms with Crippen LogP contribution in [0.3, 0.4) is 0 Å². The number of amides is 1. The van der Waals surface area contributed by atoms with Crippen molar-refractivity contribution in [2.24, 2.45) is 0 Å². The number of halogens is 2. The minimum Gasteiger partial charge on any atom is -0.322 e. The van der Waals surface area contributed by atoms with E-state index >= 15 is 0 Å². The number of rotatable bonds is 8. The van der Waals surface area contributed by atoms with Crippen LogP contribution in [-0.4, -0.2) is 14.3 Å². The van der Waals surface area contributed by atoms with E-state index in [4.69, 9.17) is 23.2 Å². The van der Waals surface area contributed by atoms with Gasteiger partial charge >= 0.3 is 0 Å². The summed E-state index contributed by atoms with van der Waals surface area (Å²) in [7, 11) is -3.87. The van der Waals surface area contributed by atoms with Crippen molar-refractivity contribution in [3.8, 4) is 0 Å². The number of sulfonamides is 1. The normalized spacial score (nSPS) is 11.1. The Morgan fingerprint density at radius 2 is 1.40 bits per heavy atom. The first-order chi connectivity index (χ1) is 16.8. The highest BCUT2D eigenvalue weighted by atomic mass is 35.5. The average Bonchev–Trinajstić information content (AvgIpc) is 2.83. The van der Waals surface area contributed by atoms with Gasteiger partial charge < -0.3 is 5.32 Å². The Labute approximate surface area is 218 Å². The molecular formula is C26H20Cl2N2O3S2. The summed E-state index contributed by atoms with van der Waals surface area (Å²) < 4.78 is 27.9. The van der Waals surface area contributed by atoms with Crippen molar-refractivity contribution in [2.45, 2.75) is 15.5 Å². The van der Waals surface area contributed by atoms with Gasteiger partial charge in [0.2, 0.25) is 0 Å². The highest BCUT2D eigenvalue weighted by Gasteiger charge is 2.16. The van der Waals surface area contributed by atoms with Gasteiger partial charge in [0.15, 0.2) is 0 Å². The summed E-state index contributed by atoms with van der Waals surface area (Å²) in [6, 6.07) is 27.8. The van der Waals surface area contributed by atoms with Gasteiger partial charge in [-0.2, -0.15) is 0 Å². The first-order valence-electron chi connectivity index (χ1n) is 10.5. The van der Waals surface area contributed by atoms with E-state index in [1.165, 1.54) is 42.5 Å². The van der Waals surface area contributed by atoms with Crippen LogP contribution in [0.4, 0.5) is 11.4 Å². The number of carbonyl (C=O) groups is 1. The van der Waals surface area contributed by atoms with E-state index in [-0.39, 0.29) is 16.5 Å². The van der Waals surface area contributed by atoms with Crippen LogP contribution in [0.1, 0.15) is 15.9 Å². The SMILES string of the molecule is O=C(Nc1ccc(S(=O)(=O)Nc2cc(Cl)cc(Cl)c2)cc1)c1ccccc1SCc1ccccc1. The molecule has 9 heteroatoms. The zero-order valence-electron chi connectivity index (χ0n) is 18.2. The molecule has 4 aromatic rings. The van der Waals surface area contributed by atoms with Crippen LogP contribution in [0.5, 0.6) is 0 Å². The topological polar surface area (TPSA) is 75.3 Å². The third-order valence-corrected chi connectivity index (χ3v) is 7.88. The Balaban J connectivity index is 1.45. The van der Waals surface area contributed by atoms with Crippen molar-refractivity contribution in [2.75, 3.05) is 10.0 Å². The molecule has 0 fully saturated rings. The molecule has 1 amide bonds. The fourth-order valence-corrected chi connectivity index (χ4v) is 5.83. The molecule has 0 aromatic heterocycles. The van der Waals surface area contributed by atoms with Gasteiger partial charge in [-0.1, -0.05) is 65.7 Å². The molecule has 0 aliphatic heterocycles. The molecule has 0 spiro atoms. The molecule has 4 aromatic carbocycles. The van der Waals surface area contributed by atoms with E-state index in [1.54, 1.807) is 17.8 Å². The third-order valence-electron chi connectivity index (χ3n) is 4.91. The number of anilines is 2. The number of nitrogens with one attached hydrogen (secondary N) is 2. The number of hydrogen-bond donors (Lipinski definition) is 2. The van der Waals surface area contributed by atoms with Gasteiger partial charge in [0.25, 0.3) is 15.9 Å². The number of hydrogen-bond acceptors (Lipinski definition) is 4. The molecule has 178 valence electrons. The maximum atomic E-state index is 13.0. The molecule has 0 aliphatic rings. The van der Waals surface area contributed by atoms with Gasteiger partial charge in [-0.25, -0.2) is 8.42 Å². The molecule has 0 saturated carbocycles. The Morgan fingerprint density at radius 3 is 2.09 bits per heavy atom. The van der Waals surface area contributed by atoms with E-state index in [1.807, 2.05) is 48.5 Å². The fraction of sp³-hybridized carbons (Fsp3) is 0.0385. The zero-order valence-corrected chi connectivity index (χ0v) is 21.4. The maximum absolute atomic E-state index is 13.0. The van der Waals surface area contributed by atoms with Gasteiger partial charge in [0.1, 0.15) is 0 Å². The molecule has 0 radical (unpaired) electrons. The van der Waals surface area contributed by atoms with Crippen LogP contribution < -0.4 is 10.0 Å². The molecule has 0 unspecified atom stereocenters. The maximum Gasteiger partial charge on any atom is 0.261 e. The van der Waals surface area contributed by atoms with Crippen LogP contribution in [-0.2, 0) is 15.8 Å². The van der Waals surface area contributed by atoms with Gasteiger partial charge in [0.05, 0.1) is 16.1 Å². The molecule has 0 aliphatic carbocycles. The molecule has 0 bridgehead atoms. The second kappa shape index (κ2) is 11.2. The number of thioether (sulfide) groups is 1. The van der Waals surface area contributed by atoms with E-state index in [2.05, 4.69) is 10.0 Å². The Morgan fingerprint density at radius 1 is 0.771 bits per heavy atom. The Bertz CT molecular complexity index is 1430. The Kier molecular flexibility index (Phi) is 8.03. The summed E-state index contributed by atoms with van der Waals surface area (Å²) in [5, 5.41) is 3.47. The molecule has 0 heterocycles. The molecule has 0 atom stereocenters. The summed E-state index contributed by atoms with van der Waals surface area (Å²) in [5.74, 6) is 0.464. The molecule has 35 heavy (non-hydrogen) atoms. The van der Waals surface area contributed by atoms with Crippen molar-refractivity contribution in [1.82, 2.24) is 0 Å². The first kappa shape index (κ1) is 25.1. The monoisotopic (exact) mass is 542 g/mol. The van der Waals surface area contributed by atoms with Gasteiger partial charge in [-0.3, -0.25) is 9.52 Å². The Hall–Kier alpha value is -2.97. The number of carbonyl (C=O) groups excluding carboxylic acids is 1. The highest BCUT2D eigenvalue weighted by molar-refractivity contribution is 7.98. The van der Waals surface area contributed by atoms with Crippen molar-refractivity contribution in [3.05, 3.63) is 118 Å². The first-order valence-corrected chi connectivity index (χ1v) is 13.7. The smallest absolute Gasteiger partial charge is 0.261 e. The minimum atomic E-state index is -3.87. The van der Waals surface area contributed by atoms with E-state index in [0.29, 0.717) is 21.3 Å². The third kappa shape index (κ3) is 6.80. The van der Waals surface area contributed by atoms with Crippen LogP contribution in [0, 0.1) is 0 Å². The second-order valence-electron chi connectivity index (χ2n) is 7.51. The minimum absolute atomic E-state index is 0.0328. The van der Waals surface area contributed by atoms with Crippen molar-refractivity contribution >= 4 is 62.3 Å². The quantitative estimate of drug-likeness (QED) is 0.228. The molecule has 4 rings (SSSR count). The standard InChI is InChI=1S/C26H20Cl2N2O3S2/c27-19-14-20(28)16-22(15-19)30-35(32,33)23-12-10-21(11-13-23)29-26(31)24-8-4-5-9-25(24)34-17-18-6-2-1-3-7-18/h1-16,30H,17H2,(H,29,31). The van der Waals surface area contributed by atoms with Gasteiger partial charge in [-0.05, 0) is 60.2 Å². The lowest BCUT2D eigenvalue weighted by Gasteiger charge is -2.12. The molecule has 0 saturated heterocycles. The summed E-state index contributed by atoms with van der Waals surface area (Å²) in [6.45, 7) is 0. The summed E-state index contributed by atoms with van der Waals surface area (Å²) in [6.07, 6.45) is 0. The van der Waals surface area contributed by atoms with E-state index in [9.17, 15) is 13.2 Å². The summed E-state index contributed by atoms with van der Waals surface area (Å²) in [5.41, 5.74) is 2.44. The van der Waals surface area contributed by atoms with E-state index < -0.39 is 10.0 Å². The van der Waals surface area contributed by atoms with Crippen LogP contribution in [0.15, 0.2) is 107 Å². The fourth-order valence-electron chi connectivity index (χ4n) is 3.26.